The molecule has 0 aromatic heterocycles. The van der Waals surface area contributed by atoms with Gasteiger partial charge in [0.05, 0.1) is 0 Å². The van der Waals surface area contributed by atoms with Crippen molar-refractivity contribution in [1.29, 1.82) is 0 Å². The summed E-state index contributed by atoms with van der Waals surface area (Å²) in [5, 5.41) is 0. The highest BCUT2D eigenvalue weighted by Crippen LogP contribution is 2.22. The molecule has 0 fully saturated rings. The number of hydrogen-bond donors (Lipinski definition) is 0. The van der Waals surface area contributed by atoms with Crippen molar-refractivity contribution in [3.8, 4) is 0 Å². The molecule has 4 heteroatoms. The van der Waals surface area contributed by atoms with Gasteiger partial charge in [0.15, 0.2) is 0 Å². The van der Waals surface area contributed by atoms with Gasteiger partial charge in [0.1, 0.15) is 5.76 Å². The first-order valence-electron chi connectivity index (χ1n) is 2.92. The molecule has 0 bridgehead atoms. The van der Waals surface area contributed by atoms with Crippen molar-refractivity contribution in [2.45, 2.75) is 20.2 Å². The van der Waals surface area contributed by atoms with Gasteiger partial charge in [-0.15, -0.1) is 13.2 Å². The normalized spacial score (nSPS) is 13.9. The Bertz CT molecular complexity index is 179. The number of rotatable bonds is 2. The highest BCUT2D eigenvalue weighted by atomic mass is 19.4. The van der Waals surface area contributed by atoms with Crippen LogP contribution in [0.15, 0.2) is 24.0 Å². The lowest BCUT2D eigenvalue weighted by Gasteiger charge is -2.09. The fraction of sp³-hybridized carbons (Fsp3) is 0.429. The van der Waals surface area contributed by atoms with Crippen molar-refractivity contribution in [2.24, 2.45) is 0 Å². The van der Waals surface area contributed by atoms with E-state index in [4.69, 9.17) is 0 Å². The van der Waals surface area contributed by atoms with E-state index < -0.39 is 6.36 Å². The molecule has 0 unspecified atom stereocenters. The van der Waals surface area contributed by atoms with Gasteiger partial charge in [-0.2, -0.15) is 0 Å². The van der Waals surface area contributed by atoms with Crippen LogP contribution >= 0.6 is 0 Å². The molecule has 0 amide bonds. The van der Waals surface area contributed by atoms with E-state index in [9.17, 15) is 13.2 Å². The van der Waals surface area contributed by atoms with Crippen molar-refractivity contribution in [3.05, 3.63) is 24.0 Å². The second-order valence-electron chi connectivity index (χ2n) is 1.99. The molecule has 0 spiro atoms. The molecule has 0 aliphatic rings. The van der Waals surface area contributed by atoms with Gasteiger partial charge in [-0.1, -0.05) is 12.7 Å². The fourth-order valence-electron chi connectivity index (χ4n) is 0.398. The Balaban J connectivity index is 4.28. The minimum Gasteiger partial charge on any atom is -0.410 e. The molecule has 0 N–H and O–H groups in total. The molecule has 0 aliphatic heterocycles. The third-order valence-electron chi connectivity index (χ3n) is 1.13. The molecule has 0 atom stereocenters. The van der Waals surface area contributed by atoms with Gasteiger partial charge in [-0.05, 0) is 19.4 Å². The van der Waals surface area contributed by atoms with Crippen LogP contribution in [-0.2, 0) is 4.74 Å². The van der Waals surface area contributed by atoms with Crippen LogP contribution in [0.1, 0.15) is 13.8 Å². The Kier molecular flexibility index (Phi) is 3.17. The predicted molar refractivity (Wildman–Crippen MR) is 35.7 cm³/mol. The summed E-state index contributed by atoms with van der Waals surface area (Å²) < 4.78 is 38.1. The molecular weight excluding hydrogens is 157 g/mol. The summed E-state index contributed by atoms with van der Waals surface area (Å²) in [4.78, 5) is 0. The van der Waals surface area contributed by atoms with Crippen LogP contribution in [0.3, 0.4) is 0 Å². The van der Waals surface area contributed by atoms with Gasteiger partial charge in [0.2, 0.25) is 0 Å². The largest absolute Gasteiger partial charge is 0.572 e. The third-order valence-corrected chi connectivity index (χ3v) is 1.13. The van der Waals surface area contributed by atoms with Crippen LogP contribution in [0.2, 0.25) is 0 Å². The highest BCUT2D eigenvalue weighted by Gasteiger charge is 2.31. The zero-order valence-electron chi connectivity index (χ0n) is 6.33. The lowest BCUT2D eigenvalue weighted by atomic mass is 10.3. The van der Waals surface area contributed by atoms with Gasteiger partial charge >= 0.3 is 6.36 Å². The molecule has 0 saturated carbocycles. The Hall–Kier alpha value is -0.930. The van der Waals surface area contributed by atoms with Crippen molar-refractivity contribution >= 4 is 0 Å². The zero-order valence-corrected chi connectivity index (χ0v) is 6.33. The molecule has 11 heavy (non-hydrogen) atoms. The highest BCUT2D eigenvalue weighted by molar-refractivity contribution is 5.16. The van der Waals surface area contributed by atoms with Gasteiger partial charge in [-0.25, -0.2) is 0 Å². The van der Waals surface area contributed by atoms with Crippen LogP contribution in [0.4, 0.5) is 13.2 Å². The molecular formula is C7H9F3O. The summed E-state index contributed by atoms with van der Waals surface area (Å²) >= 11 is 0. The van der Waals surface area contributed by atoms with Crippen LogP contribution < -0.4 is 0 Å². The Labute approximate surface area is 63.2 Å². The van der Waals surface area contributed by atoms with E-state index in [1.165, 1.54) is 19.9 Å². The summed E-state index contributed by atoms with van der Waals surface area (Å²) in [7, 11) is 0. The first kappa shape index (κ1) is 10.1. The predicted octanol–water partition coefficient (Wildman–Crippen LogP) is 3.00. The first-order valence-corrected chi connectivity index (χ1v) is 2.92. The standard InChI is InChI=1S/C7H9F3O/c1-4-5(2)6(3)11-7(8,9)10/h4H,1H2,2-3H3/b6-5+. The van der Waals surface area contributed by atoms with Gasteiger partial charge in [0.25, 0.3) is 0 Å². The molecule has 0 rings (SSSR count). The van der Waals surface area contributed by atoms with Crippen LogP contribution in [-0.4, -0.2) is 6.36 Å². The Morgan fingerprint density at radius 3 is 2.09 bits per heavy atom. The molecule has 0 heterocycles. The molecule has 0 saturated heterocycles. The SMILES string of the molecule is C=C/C(C)=C(\C)OC(F)(F)F. The summed E-state index contributed by atoms with van der Waals surface area (Å²) in [6.45, 7) is 6.04. The maximum absolute atomic E-state index is 11.5. The topological polar surface area (TPSA) is 9.23 Å². The summed E-state index contributed by atoms with van der Waals surface area (Å²) in [5.41, 5.74) is 0.377. The number of allylic oxidation sites excluding steroid dienone is 3. The summed E-state index contributed by atoms with van der Waals surface area (Å²) in [5.74, 6) is -0.174. The number of hydrogen-bond acceptors (Lipinski definition) is 1. The first-order chi connectivity index (χ1) is 4.87. The van der Waals surface area contributed by atoms with Crippen LogP contribution in [0.25, 0.3) is 0 Å². The smallest absolute Gasteiger partial charge is 0.410 e. The lowest BCUT2D eigenvalue weighted by Crippen LogP contribution is -2.12. The van der Waals surface area contributed by atoms with E-state index in [2.05, 4.69) is 11.3 Å². The van der Waals surface area contributed by atoms with Gasteiger partial charge in [0, 0.05) is 0 Å². The van der Waals surface area contributed by atoms with Crippen molar-refractivity contribution < 1.29 is 17.9 Å². The minimum atomic E-state index is -4.60. The second-order valence-corrected chi connectivity index (χ2v) is 1.99. The molecule has 64 valence electrons. The molecule has 1 nitrogen and oxygen atoms in total. The maximum Gasteiger partial charge on any atom is 0.572 e. The Morgan fingerprint density at radius 1 is 1.36 bits per heavy atom. The van der Waals surface area contributed by atoms with E-state index in [-0.39, 0.29) is 5.76 Å². The van der Waals surface area contributed by atoms with Gasteiger partial charge in [-0.3, -0.25) is 0 Å². The monoisotopic (exact) mass is 166 g/mol. The lowest BCUT2D eigenvalue weighted by molar-refractivity contribution is -0.305. The summed E-state index contributed by atoms with van der Waals surface area (Å²) in [6.07, 6.45) is -3.30. The number of ether oxygens (including phenoxy) is 1. The van der Waals surface area contributed by atoms with E-state index >= 15 is 0 Å². The fourth-order valence-corrected chi connectivity index (χ4v) is 0.398. The van der Waals surface area contributed by atoms with E-state index in [1.807, 2.05) is 0 Å². The average Bonchev–Trinajstić information content (AvgIpc) is 1.82. The minimum absolute atomic E-state index is 0.174. The Morgan fingerprint density at radius 2 is 1.82 bits per heavy atom. The molecule has 0 aromatic carbocycles. The number of halogens is 3. The van der Waals surface area contributed by atoms with E-state index in [0.29, 0.717) is 5.57 Å². The average molecular weight is 166 g/mol. The quantitative estimate of drug-likeness (QED) is 0.452. The van der Waals surface area contributed by atoms with Crippen LogP contribution in [0, 0.1) is 0 Å². The van der Waals surface area contributed by atoms with E-state index in [1.54, 1.807) is 0 Å². The third kappa shape index (κ3) is 4.47. The maximum atomic E-state index is 11.5. The van der Waals surface area contributed by atoms with Crippen molar-refractivity contribution in [1.82, 2.24) is 0 Å². The zero-order chi connectivity index (χ0) is 9.07. The second kappa shape index (κ2) is 3.46. The van der Waals surface area contributed by atoms with E-state index in [0.717, 1.165) is 0 Å². The van der Waals surface area contributed by atoms with Crippen molar-refractivity contribution in [2.75, 3.05) is 0 Å². The summed E-state index contributed by atoms with van der Waals surface area (Å²) in [6, 6.07) is 0. The molecule has 0 aromatic rings. The van der Waals surface area contributed by atoms with Gasteiger partial charge < -0.3 is 4.74 Å². The van der Waals surface area contributed by atoms with Crippen LogP contribution in [0.5, 0.6) is 0 Å². The molecule has 0 radical (unpaired) electrons. The van der Waals surface area contributed by atoms with Crippen molar-refractivity contribution in [3.63, 3.8) is 0 Å². The molecule has 0 aliphatic carbocycles. The number of alkyl halides is 3.